The standard InChI is InChI=1S/C18H10BrClFN3/c19-14-4-2-1-3-11(14)17-8-12(13(9-22)18(23)24-17)10-5-6-15(20)16(21)7-10/h1-8H,(H2,23,24). The fraction of sp³-hybridized carbons (Fsp3) is 0. The zero-order valence-corrected chi connectivity index (χ0v) is 14.6. The number of nitriles is 1. The highest BCUT2D eigenvalue weighted by molar-refractivity contribution is 9.10. The molecule has 3 nitrogen and oxygen atoms in total. The molecule has 0 aliphatic carbocycles. The quantitative estimate of drug-likeness (QED) is 0.622. The van der Waals surface area contributed by atoms with E-state index in [9.17, 15) is 9.65 Å². The summed E-state index contributed by atoms with van der Waals surface area (Å²) in [6.07, 6.45) is 0. The van der Waals surface area contributed by atoms with E-state index in [2.05, 4.69) is 20.9 Å². The zero-order chi connectivity index (χ0) is 17.3. The summed E-state index contributed by atoms with van der Waals surface area (Å²) >= 11 is 9.21. The third kappa shape index (κ3) is 2.99. The minimum Gasteiger partial charge on any atom is -0.383 e. The van der Waals surface area contributed by atoms with Gasteiger partial charge in [0.2, 0.25) is 0 Å². The highest BCUT2D eigenvalue weighted by Crippen LogP contribution is 2.34. The molecule has 3 rings (SSSR count). The molecule has 0 unspecified atom stereocenters. The van der Waals surface area contributed by atoms with Gasteiger partial charge in [0.1, 0.15) is 23.3 Å². The number of hydrogen-bond acceptors (Lipinski definition) is 3. The lowest BCUT2D eigenvalue weighted by molar-refractivity contribution is 0.629. The number of nitrogens with two attached hydrogens (primary N) is 1. The van der Waals surface area contributed by atoms with Crippen LogP contribution in [0.5, 0.6) is 0 Å². The first-order valence-corrected chi connectivity index (χ1v) is 8.09. The monoisotopic (exact) mass is 401 g/mol. The first-order valence-electron chi connectivity index (χ1n) is 6.92. The van der Waals surface area contributed by atoms with Crippen molar-refractivity contribution in [3.63, 3.8) is 0 Å². The van der Waals surface area contributed by atoms with E-state index in [4.69, 9.17) is 17.3 Å². The summed E-state index contributed by atoms with van der Waals surface area (Å²) in [5.74, 6) is -0.466. The topological polar surface area (TPSA) is 62.7 Å². The van der Waals surface area contributed by atoms with Crippen LogP contribution in [0.2, 0.25) is 5.02 Å². The van der Waals surface area contributed by atoms with E-state index >= 15 is 0 Å². The number of nitrogen functional groups attached to an aromatic ring is 1. The van der Waals surface area contributed by atoms with Gasteiger partial charge in [-0.25, -0.2) is 9.37 Å². The second-order valence-electron chi connectivity index (χ2n) is 5.04. The molecule has 0 atom stereocenters. The number of rotatable bonds is 2. The Balaban J connectivity index is 2.27. The number of halogens is 3. The van der Waals surface area contributed by atoms with Crippen molar-refractivity contribution in [1.82, 2.24) is 4.98 Å². The molecule has 1 heterocycles. The van der Waals surface area contributed by atoms with Crippen LogP contribution in [0.1, 0.15) is 5.56 Å². The lowest BCUT2D eigenvalue weighted by Crippen LogP contribution is -2.00. The van der Waals surface area contributed by atoms with Gasteiger partial charge in [0.05, 0.1) is 10.7 Å². The van der Waals surface area contributed by atoms with E-state index in [1.807, 2.05) is 30.3 Å². The van der Waals surface area contributed by atoms with Gasteiger partial charge in [0.15, 0.2) is 0 Å². The van der Waals surface area contributed by atoms with E-state index in [1.54, 1.807) is 12.1 Å². The smallest absolute Gasteiger partial charge is 0.142 e. The van der Waals surface area contributed by atoms with Crippen LogP contribution in [-0.2, 0) is 0 Å². The highest BCUT2D eigenvalue weighted by atomic mass is 79.9. The Morgan fingerprint density at radius 2 is 1.88 bits per heavy atom. The number of anilines is 1. The van der Waals surface area contributed by atoms with E-state index < -0.39 is 5.82 Å². The largest absolute Gasteiger partial charge is 0.383 e. The second kappa shape index (κ2) is 6.60. The normalized spacial score (nSPS) is 10.4. The van der Waals surface area contributed by atoms with Crippen molar-refractivity contribution in [1.29, 1.82) is 5.26 Å². The summed E-state index contributed by atoms with van der Waals surface area (Å²) in [6, 6.07) is 15.6. The summed E-state index contributed by atoms with van der Waals surface area (Å²) in [5.41, 5.74) is 8.58. The summed E-state index contributed by atoms with van der Waals surface area (Å²) in [4.78, 5) is 4.31. The summed E-state index contributed by atoms with van der Waals surface area (Å²) in [7, 11) is 0. The molecule has 3 aromatic rings. The van der Waals surface area contributed by atoms with Gasteiger partial charge in [0.25, 0.3) is 0 Å². The molecule has 2 N–H and O–H groups in total. The van der Waals surface area contributed by atoms with Crippen molar-refractivity contribution in [3.8, 4) is 28.5 Å². The lowest BCUT2D eigenvalue weighted by Gasteiger charge is -2.11. The molecule has 2 aromatic carbocycles. The van der Waals surface area contributed by atoms with Crippen LogP contribution < -0.4 is 5.73 Å². The van der Waals surface area contributed by atoms with E-state index in [-0.39, 0.29) is 16.4 Å². The predicted molar refractivity (Wildman–Crippen MR) is 96.9 cm³/mol. The van der Waals surface area contributed by atoms with Gasteiger partial charge in [-0.15, -0.1) is 0 Å². The molecule has 0 radical (unpaired) electrons. The molecule has 0 bridgehead atoms. The maximum Gasteiger partial charge on any atom is 0.142 e. The van der Waals surface area contributed by atoms with Gasteiger partial charge in [-0.2, -0.15) is 5.26 Å². The molecule has 0 saturated carbocycles. The number of nitrogens with zero attached hydrogens (tertiary/aromatic N) is 2. The lowest BCUT2D eigenvalue weighted by atomic mass is 9.98. The Morgan fingerprint density at radius 3 is 2.54 bits per heavy atom. The SMILES string of the molecule is N#Cc1c(-c2ccc(Cl)c(F)c2)cc(-c2ccccc2Br)nc1N. The second-order valence-corrected chi connectivity index (χ2v) is 6.30. The molecule has 118 valence electrons. The maximum absolute atomic E-state index is 13.8. The molecule has 6 heteroatoms. The van der Waals surface area contributed by atoms with E-state index in [0.29, 0.717) is 16.8 Å². The van der Waals surface area contributed by atoms with Gasteiger partial charge in [0, 0.05) is 15.6 Å². The van der Waals surface area contributed by atoms with Crippen LogP contribution in [0, 0.1) is 17.1 Å². The predicted octanol–water partition coefficient (Wildman–Crippen LogP) is 5.42. The van der Waals surface area contributed by atoms with Crippen LogP contribution in [0.25, 0.3) is 22.4 Å². The van der Waals surface area contributed by atoms with E-state index in [0.717, 1.165) is 10.0 Å². The third-order valence-corrected chi connectivity index (χ3v) is 4.54. The number of aromatic nitrogens is 1. The van der Waals surface area contributed by atoms with Crippen LogP contribution in [0.3, 0.4) is 0 Å². The average molecular weight is 403 g/mol. The van der Waals surface area contributed by atoms with Crippen LogP contribution >= 0.6 is 27.5 Å². The van der Waals surface area contributed by atoms with Crippen LogP contribution in [0.4, 0.5) is 10.2 Å². The van der Waals surface area contributed by atoms with Gasteiger partial charge in [-0.1, -0.05) is 51.8 Å². The van der Waals surface area contributed by atoms with Crippen molar-refractivity contribution < 1.29 is 4.39 Å². The Labute approximate surface area is 151 Å². The molecular formula is C18H10BrClFN3. The fourth-order valence-corrected chi connectivity index (χ4v) is 2.99. The Bertz CT molecular complexity index is 982. The Kier molecular flexibility index (Phi) is 4.52. The molecule has 0 fully saturated rings. The maximum atomic E-state index is 13.8. The summed E-state index contributed by atoms with van der Waals surface area (Å²) in [5, 5.41) is 9.42. The molecular weight excluding hydrogens is 393 g/mol. The third-order valence-electron chi connectivity index (χ3n) is 3.54. The molecule has 0 amide bonds. The van der Waals surface area contributed by atoms with Crippen molar-refractivity contribution in [2.75, 3.05) is 5.73 Å². The van der Waals surface area contributed by atoms with Gasteiger partial charge in [-0.05, 0) is 29.8 Å². The Hall–Kier alpha value is -2.42. The molecule has 0 saturated heterocycles. The zero-order valence-electron chi connectivity index (χ0n) is 12.2. The average Bonchev–Trinajstić information content (AvgIpc) is 2.57. The Morgan fingerprint density at radius 1 is 1.12 bits per heavy atom. The van der Waals surface area contributed by atoms with Crippen LogP contribution in [-0.4, -0.2) is 4.98 Å². The van der Waals surface area contributed by atoms with Crippen LogP contribution in [0.15, 0.2) is 53.0 Å². The van der Waals surface area contributed by atoms with Crippen molar-refractivity contribution in [2.24, 2.45) is 0 Å². The first-order chi connectivity index (χ1) is 11.5. The van der Waals surface area contributed by atoms with Gasteiger partial charge < -0.3 is 5.73 Å². The highest BCUT2D eigenvalue weighted by Gasteiger charge is 2.15. The van der Waals surface area contributed by atoms with Gasteiger partial charge >= 0.3 is 0 Å². The number of benzene rings is 2. The number of hydrogen-bond donors (Lipinski definition) is 1. The van der Waals surface area contributed by atoms with Crippen molar-refractivity contribution in [3.05, 3.63) is 69.4 Å². The van der Waals surface area contributed by atoms with Crippen molar-refractivity contribution in [2.45, 2.75) is 0 Å². The summed E-state index contributed by atoms with van der Waals surface area (Å²) < 4.78 is 14.7. The van der Waals surface area contributed by atoms with Crippen molar-refractivity contribution >= 4 is 33.3 Å². The molecule has 0 spiro atoms. The summed E-state index contributed by atoms with van der Waals surface area (Å²) in [6.45, 7) is 0. The number of pyridine rings is 1. The molecule has 0 aliphatic rings. The fourth-order valence-electron chi connectivity index (χ4n) is 2.38. The molecule has 1 aromatic heterocycles. The first kappa shape index (κ1) is 16.4. The minimum atomic E-state index is -0.559. The molecule has 24 heavy (non-hydrogen) atoms. The minimum absolute atomic E-state index is 0.0188. The van der Waals surface area contributed by atoms with E-state index in [1.165, 1.54) is 12.1 Å². The molecule has 0 aliphatic heterocycles. The van der Waals surface area contributed by atoms with Gasteiger partial charge in [-0.3, -0.25) is 0 Å².